The van der Waals surface area contributed by atoms with Gasteiger partial charge in [-0.3, -0.25) is 9.59 Å². The van der Waals surface area contributed by atoms with Crippen molar-refractivity contribution in [1.82, 2.24) is 10.2 Å². The van der Waals surface area contributed by atoms with Gasteiger partial charge in [-0.25, -0.2) is 0 Å². The average molecular weight is 352 g/mol. The fourth-order valence-electron chi connectivity index (χ4n) is 2.86. The monoisotopic (exact) mass is 352 g/mol. The molecule has 0 aliphatic carbocycles. The summed E-state index contributed by atoms with van der Waals surface area (Å²) in [5, 5.41) is 2.91. The topological polar surface area (TPSA) is 49.4 Å². The predicted octanol–water partition coefficient (Wildman–Crippen LogP) is 3.42. The molecule has 0 aliphatic rings. The number of carbonyl (C=O) groups is 2. The maximum atomic E-state index is 12.7. The number of benzene rings is 2. The Morgan fingerprint density at radius 3 is 2.04 bits per heavy atom. The Hall–Kier alpha value is -2.62. The highest BCUT2D eigenvalue weighted by atomic mass is 16.2. The quantitative estimate of drug-likeness (QED) is 0.585. The Morgan fingerprint density at radius 2 is 1.46 bits per heavy atom. The van der Waals surface area contributed by atoms with Crippen molar-refractivity contribution < 1.29 is 9.59 Å². The summed E-state index contributed by atoms with van der Waals surface area (Å²) in [5.74, 6) is -0.405. The largest absolute Gasteiger partial charge is 0.355 e. The van der Waals surface area contributed by atoms with Gasteiger partial charge < -0.3 is 10.2 Å². The maximum absolute atomic E-state index is 12.7. The third kappa shape index (κ3) is 5.45. The second-order valence-electron chi connectivity index (χ2n) is 7.12. The molecule has 0 aliphatic heterocycles. The Bertz CT molecular complexity index is 711. The molecule has 2 aromatic carbocycles. The standard InChI is InChI=1S/C22H28N2O2/c1-22(2,21(26)24(3)17-19-13-8-5-9-14-19)20(25)23-16-10-15-18-11-6-4-7-12-18/h4-9,11-14H,10,15-17H2,1-3H3,(H,23,25). The van der Waals surface area contributed by atoms with E-state index in [1.54, 1.807) is 25.8 Å². The molecule has 0 heterocycles. The summed E-state index contributed by atoms with van der Waals surface area (Å²) < 4.78 is 0. The zero-order chi connectivity index (χ0) is 19.0. The van der Waals surface area contributed by atoms with Crippen molar-refractivity contribution in [1.29, 1.82) is 0 Å². The lowest BCUT2D eigenvalue weighted by molar-refractivity contribution is -0.148. The van der Waals surface area contributed by atoms with E-state index in [0.717, 1.165) is 18.4 Å². The van der Waals surface area contributed by atoms with Gasteiger partial charge in [-0.15, -0.1) is 0 Å². The van der Waals surface area contributed by atoms with Gasteiger partial charge in [-0.2, -0.15) is 0 Å². The third-order valence-corrected chi connectivity index (χ3v) is 4.48. The van der Waals surface area contributed by atoms with E-state index < -0.39 is 5.41 Å². The fourth-order valence-corrected chi connectivity index (χ4v) is 2.86. The molecule has 4 nitrogen and oxygen atoms in total. The van der Waals surface area contributed by atoms with Gasteiger partial charge in [0.25, 0.3) is 0 Å². The first-order valence-corrected chi connectivity index (χ1v) is 9.03. The highest BCUT2D eigenvalue weighted by Gasteiger charge is 2.37. The van der Waals surface area contributed by atoms with Gasteiger partial charge in [0.15, 0.2) is 0 Å². The van der Waals surface area contributed by atoms with Gasteiger partial charge in [-0.1, -0.05) is 60.7 Å². The van der Waals surface area contributed by atoms with E-state index in [0.29, 0.717) is 13.1 Å². The van der Waals surface area contributed by atoms with Crippen molar-refractivity contribution in [2.45, 2.75) is 33.2 Å². The molecule has 0 saturated heterocycles. The summed E-state index contributed by atoms with van der Waals surface area (Å²) in [6, 6.07) is 19.9. The average Bonchev–Trinajstić information content (AvgIpc) is 2.66. The van der Waals surface area contributed by atoms with Gasteiger partial charge in [0.05, 0.1) is 0 Å². The van der Waals surface area contributed by atoms with E-state index >= 15 is 0 Å². The summed E-state index contributed by atoms with van der Waals surface area (Å²) in [6.45, 7) is 4.42. The molecule has 0 radical (unpaired) electrons. The molecule has 0 unspecified atom stereocenters. The van der Waals surface area contributed by atoms with E-state index in [-0.39, 0.29) is 11.8 Å². The lowest BCUT2D eigenvalue weighted by atomic mass is 9.90. The Labute approximate surface area is 156 Å². The van der Waals surface area contributed by atoms with E-state index in [2.05, 4.69) is 17.4 Å². The van der Waals surface area contributed by atoms with Crippen LogP contribution in [0.25, 0.3) is 0 Å². The molecule has 2 aromatic rings. The molecule has 0 aromatic heterocycles. The molecule has 2 amide bonds. The van der Waals surface area contributed by atoms with Gasteiger partial charge in [0.1, 0.15) is 5.41 Å². The second-order valence-corrected chi connectivity index (χ2v) is 7.12. The molecule has 0 atom stereocenters. The fraction of sp³-hybridized carbons (Fsp3) is 0.364. The molecule has 4 heteroatoms. The number of nitrogens with one attached hydrogen (secondary N) is 1. The Kier molecular flexibility index (Phi) is 6.96. The maximum Gasteiger partial charge on any atom is 0.237 e. The van der Waals surface area contributed by atoms with Crippen LogP contribution in [0.3, 0.4) is 0 Å². The van der Waals surface area contributed by atoms with Gasteiger partial charge in [0.2, 0.25) is 11.8 Å². The molecule has 0 saturated carbocycles. The molecule has 1 N–H and O–H groups in total. The van der Waals surface area contributed by atoms with Crippen LogP contribution in [0, 0.1) is 5.41 Å². The molecular weight excluding hydrogens is 324 g/mol. The number of carbonyl (C=O) groups excluding carboxylic acids is 2. The van der Waals surface area contributed by atoms with Crippen LogP contribution in [0.1, 0.15) is 31.4 Å². The summed E-state index contributed by atoms with van der Waals surface area (Å²) in [6.07, 6.45) is 1.75. The third-order valence-electron chi connectivity index (χ3n) is 4.48. The minimum atomic E-state index is -1.09. The number of nitrogens with zero attached hydrogens (tertiary/aromatic N) is 1. The van der Waals surface area contributed by atoms with Crippen LogP contribution in [0.5, 0.6) is 0 Å². The summed E-state index contributed by atoms with van der Waals surface area (Å²) in [4.78, 5) is 26.9. The molecule has 0 spiro atoms. The van der Waals surface area contributed by atoms with Crippen LogP contribution in [0.2, 0.25) is 0 Å². The van der Waals surface area contributed by atoms with Crippen LogP contribution in [-0.4, -0.2) is 30.3 Å². The first-order valence-electron chi connectivity index (χ1n) is 9.03. The van der Waals surface area contributed by atoms with Gasteiger partial charge >= 0.3 is 0 Å². The summed E-state index contributed by atoms with van der Waals surface area (Å²) in [7, 11) is 1.74. The summed E-state index contributed by atoms with van der Waals surface area (Å²) >= 11 is 0. The van der Waals surface area contributed by atoms with E-state index in [1.165, 1.54) is 5.56 Å². The molecule has 138 valence electrons. The van der Waals surface area contributed by atoms with E-state index in [9.17, 15) is 9.59 Å². The number of hydrogen-bond acceptors (Lipinski definition) is 2. The van der Waals surface area contributed by atoms with Crippen molar-refractivity contribution in [3.8, 4) is 0 Å². The van der Waals surface area contributed by atoms with Gasteiger partial charge in [-0.05, 0) is 37.8 Å². The summed E-state index contributed by atoms with van der Waals surface area (Å²) in [5.41, 5.74) is 1.21. The van der Waals surface area contributed by atoms with Crippen LogP contribution < -0.4 is 5.32 Å². The first kappa shape index (κ1) is 19.7. The van der Waals surface area contributed by atoms with Crippen molar-refractivity contribution in [3.63, 3.8) is 0 Å². The number of amides is 2. The smallest absolute Gasteiger partial charge is 0.237 e. The normalized spacial score (nSPS) is 11.0. The molecule has 0 bridgehead atoms. The second kappa shape index (κ2) is 9.18. The predicted molar refractivity (Wildman–Crippen MR) is 104 cm³/mol. The lowest BCUT2D eigenvalue weighted by Crippen LogP contribution is -2.48. The number of rotatable bonds is 8. The molecular formula is C22H28N2O2. The Morgan fingerprint density at radius 1 is 0.923 bits per heavy atom. The van der Waals surface area contributed by atoms with Crippen molar-refractivity contribution in [3.05, 3.63) is 71.8 Å². The lowest BCUT2D eigenvalue weighted by Gasteiger charge is -2.28. The molecule has 0 fully saturated rings. The van der Waals surface area contributed by atoms with Crippen molar-refractivity contribution in [2.75, 3.05) is 13.6 Å². The van der Waals surface area contributed by atoms with Crippen LogP contribution >= 0.6 is 0 Å². The van der Waals surface area contributed by atoms with Gasteiger partial charge in [0, 0.05) is 20.1 Å². The van der Waals surface area contributed by atoms with Crippen molar-refractivity contribution in [2.24, 2.45) is 5.41 Å². The van der Waals surface area contributed by atoms with Crippen LogP contribution in [-0.2, 0) is 22.6 Å². The number of aryl methyl sites for hydroxylation is 1. The highest BCUT2D eigenvalue weighted by molar-refractivity contribution is 6.04. The minimum Gasteiger partial charge on any atom is -0.355 e. The molecule has 26 heavy (non-hydrogen) atoms. The number of hydrogen-bond donors (Lipinski definition) is 1. The highest BCUT2D eigenvalue weighted by Crippen LogP contribution is 2.20. The van der Waals surface area contributed by atoms with Crippen LogP contribution in [0.4, 0.5) is 0 Å². The minimum absolute atomic E-state index is 0.179. The van der Waals surface area contributed by atoms with Crippen molar-refractivity contribution >= 4 is 11.8 Å². The van der Waals surface area contributed by atoms with Crippen LogP contribution in [0.15, 0.2) is 60.7 Å². The first-order chi connectivity index (χ1) is 12.4. The van der Waals surface area contributed by atoms with E-state index in [4.69, 9.17) is 0 Å². The Balaban J connectivity index is 1.82. The SMILES string of the molecule is CN(Cc1ccccc1)C(=O)C(C)(C)C(=O)NCCCc1ccccc1. The van der Waals surface area contributed by atoms with E-state index in [1.807, 2.05) is 48.5 Å². The molecule has 2 rings (SSSR count). The zero-order valence-corrected chi connectivity index (χ0v) is 15.9. The zero-order valence-electron chi connectivity index (χ0n) is 15.9.